The van der Waals surface area contributed by atoms with Gasteiger partial charge in [0, 0.05) is 41.6 Å². The van der Waals surface area contributed by atoms with Crippen molar-refractivity contribution >= 4 is 11.9 Å². The van der Waals surface area contributed by atoms with Gasteiger partial charge in [0.1, 0.15) is 23.1 Å². The predicted molar refractivity (Wildman–Crippen MR) is 101 cm³/mol. The van der Waals surface area contributed by atoms with Gasteiger partial charge < -0.3 is 10.5 Å². The van der Waals surface area contributed by atoms with Gasteiger partial charge in [-0.3, -0.25) is 14.7 Å². The van der Waals surface area contributed by atoms with E-state index in [2.05, 4.69) is 9.98 Å². The van der Waals surface area contributed by atoms with Crippen molar-refractivity contribution < 1.29 is 18.3 Å². The van der Waals surface area contributed by atoms with E-state index in [0.29, 0.717) is 16.9 Å². The first-order chi connectivity index (χ1) is 13.9. The smallest absolute Gasteiger partial charge is 0.266 e. The highest BCUT2D eigenvalue weighted by Gasteiger charge is 2.54. The molecule has 0 radical (unpaired) electrons. The number of nitrogens with two attached hydrogens (primary N) is 1. The average molecular weight is 392 g/mol. The molecule has 5 rings (SSSR count). The van der Waals surface area contributed by atoms with E-state index >= 15 is 0 Å². The average Bonchev–Trinajstić information content (AvgIpc) is 2.93. The third-order valence-corrected chi connectivity index (χ3v) is 5.21. The van der Waals surface area contributed by atoms with Gasteiger partial charge in [-0.25, -0.2) is 13.8 Å². The number of amides is 1. The molecule has 6 nitrogen and oxygen atoms in total. The van der Waals surface area contributed by atoms with Crippen molar-refractivity contribution in [3.63, 3.8) is 0 Å². The number of pyridine rings is 1. The molecule has 0 saturated carbocycles. The first-order valence-corrected chi connectivity index (χ1v) is 8.77. The Labute approximate surface area is 164 Å². The van der Waals surface area contributed by atoms with Gasteiger partial charge in [0.25, 0.3) is 5.91 Å². The standard InChI is InChI=1S/C21H14F2N4O2/c1-27-19(28)21(26-20(27)24)14-4-2-3-5-17(14)29-18-8-16(23)13(7-15(18)21)11-6-12(22)10-25-9-11/h2-10H,1H3,(H2,24,26). The largest absolute Gasteiger partial charge is 0.456 e. The molecule has 0 aliphatic carbocycles. The summed E-state index contributed by atoms with van der Waals surface area (Å²) in [5, 5.41) is 0. The third-order valence-electron chi connectivity index (χ3n) is 5.21. The molecular formula is C21H14F2N4O2. The molecule has 0 saturated heterocycles. The van der Waals surface area contributed by atoms with Gasteiger partial charge in [-0.15, -0.1) is 0 Å². The summed E-state index contributed by atoms with van der Waals surface area (Å²) < 4.78 is 34.4. The minimum absolute atomic E-state index is 0.0379. The Hall–Kier alpha value is -3.81. The number of fused-ring (bicyclic) bond motifs is 4. The van der Waals surface area contributed by atoms with E-state index in [9.17, 15) is 13.6 Å². The Morgan fingerprint density at radius 2 is 1.86 bits per heavy atom. The van der Waals surface area contributed by atoms with Gasteiger partial charge >= 0.3 is 0 Å². The summed E-state index contributed by atoms with van der Waals surface area (Å²) in [5.74, 6) is -1.05. The van der Waals surface area contributed by atoms with Gasteiger partial charge in [-0.2, -0.15) is 0 Å². The van der Waals surface area contributed by atoms with Crippen molar-refractivity contribution in [3.05, 3.63) is 77.6 Å². The number of carbonyl (C=O) groups is 1. The third kappa shape index (κ3) is 2.29. The summed E-state index contributed by atoms with van der Waals surface area (Å²) in [5.41, 5.74) is 5.60. The van der Waals surface area contributed by atoms with Crippen LogP contribution in [0.1, 0.15) is 11.1 Å². The molecule has 29 heavy (non-hydrogen) atoms. The van der Waals surface area contributed by atoms with Gasteiger partial charge in [0.15, 0.2) is 5.96 Å². The molecule has 1 spiro atoms. The number of aliphatic imine (C=N–C) groups is 1. The molecule has 2 aliphatic rings. The van der Waals surface area contributed by atoms with Crippen LogP contribution in [-0.2, 0) is 10.3 Å². The Kier molecular flexibility index (Phi) is 3.48. The van der Waals surface area contributed by atoms with Crippen LogP contribution < -0.4 is 10.5 Å². The second-order valence-corrected chi connectivity index (χ2v) is 6.86. The topological polar surface area (TPSA) is 80.8 Å². The molecule has 144 valence electrons. The summed E-state index contributed by atoms with van der Waals surface area (Å²) in [6.45, 7) is 0. The van der Waals surface area contributed by atoms with Crippen molar-refractivity contribution in [2.24, 2.45) is 10.7 Å². The molecule has 1 atom stereocenters. The van der Waals surface area contributed by atoms with Crippen LogP contribution in [0.5, 0.6) is 11.5 Å². The van der Waals surface area contributed by atoms with E-state index < -0.39 is 17.2 Å². The molecule has 3 heterocycles. The number of carbonyl (C=O) groups excluding carboxylic acids is 1. The number of rotatable bonds is 1. The number of ether oxygens (including phenoxy) is 1. The van der Waals surface area contributed by atoms with E-state index in [1.165, 1.54) is 36.3 Å². The fourth-order valence-electron chi connectivity index (χ4n) is 3.81. The van der Waals surface area contributed by atoms with Crippen molar-refractivity contribution in [3.8, 4) is 22.6 Å². The second kappa shape index (κ2) is 5.84. The highest BCUT2D eigenvalue weighted by molar-refractivity contribution is 6.10. The zero-order valence-corrected chi connectivity index (χ0v) is 15.2. The van der Waals surface area contributed by atoms with Gasteiger partial charge in [-0.1, -0.05) is 18.2 Å². The van der Waals surface area contributed by atoms with Crippen LogP contribution in [0.15, 0.2) is 59.9 Å². The molecule has 0 bridgehead atoms. The summed E-state index contributed by atoms with van der Waals surface area (Å²) in [6.07, 6.45) is 2.37. The summed E-state index contributed by atoms with van der Waals surface area (Å²) in [6, 6.07) is 10.7. The lowest BCUT2D eigenvalue weighted by molar-refractivity contribution is -0.129. The summed E-state index contributed by atoms with van der Waals surface area (Å²) in [7, 11) is 1.52. The van der Waals surface area contributed by atoms with E-state index in [1.807, 2.05) is 0 Å². The highest BCUT2D eigenvalue weighted by atomic mass is 19.1. The number of benzene rings is 2. The minimum Gasteiger partial charge on any atom is -0.456 e. The Morgan fingerprint density at radius 1 is 1.07 bits per heavy atom. The fourth-order valence-corrected chi connectivity index (χ4v) is 3.81. The normalized spacial score (nSPS) is 19.6. The Morgan fingerprint density at radius 3 is 2.59 bits per heavy atom. The van der Waals surface area contributed by atoms with Crippen molar-refractivity contribution in [2.75, 3.05) is 7.05 Å². The van der Waals surface area contributed by atoms with Crippen LogP contribution in [-0.4, -0.2) is 28.8 Å². The predicted octanol–water partition coefficient (Wildman–Crippen LogP) is 3.16. The first kappa shape index (κ1) is 17.3. The fraction of sp³-hybridized carbons (Fsp3) is 0.0952. The summed E-state index contributed by atoms with van der Waals surface area (Å²) in [4.78, 5) is 22.8. The van der Waals surface area contributed by atoms with Gasteiger partial charge in [-0.05, 0) is 18.2 Å². The van der Waals surface area contributed by atoms with Crippen LogP contribution in [0.2, 0.25) is 0 Å². The highest BCUT2D eigenvalue weighted by Crippen LogP contribution is 2.52. The van der Waals surface area contributed by atoms with Crippen LogP contribution in [0.4, 0.5) is 8.78 Å². The monoisotopic (exact) mass is 392 g/mol. The van der Waals surface area contributed by atoms with E-state index in [-0.39, 0.29) is 28.7 Å². The van der Waals surface area contributed by atoms with Gasteiger partial charge in [0.05, 0.1) is 6.20 Å². The quantitative estimate of drug-likeness (QED) is 0.690. The van der Waals surface area contributed by atoms with E-state index in [4.69, 9.17) is 10.5 Å². The molecule has 1 unspecified atom stereocenters. The molecule has 1 aromatic heterocycles. The molecule has 3 aromatic rings. The lowest BCUT2D eigenvalue weighted by atomic mass is 9.79. The zero-order valence-electron chi connectivity index (χ0n) is 15.2. The molecule has 1 amide bonds. The number of guanidine groups is 1. The first-order valence-electron chi connectivity index (χ1n) is 8.77. The number of hydrogen-bond acceptors (Lipinski definition) is 5. The number of hydrogen-bond donors (Lipinski definition) is 1. The van der Waals surface area contributed by atoms with Crippen molar-refractivity contribution in [1.82, 2.24) is 9.88 Å². The molecule has 0 fully saturated rings. The second-order valence-electron chi connectivity index (χ2n) is 6.86. The van der Waals surface area contributed by atoms with Gasteiger partial charge in [0.2, 0.25) is 5.54 Å². The van der Waals surface area contributed by atoms with Crippen LogP contribution in [0.3, 0.4) is 0 Å². The number of para-hydroxylation sites is 1. The number of nitrogens with zero attached hydrogens (tertiary/aromatic N) is 3. The van der Waals surface area contributed by atoms with E-state index in [1.54, 1.807) is 24.3 Å². The molecule has 8 heteroatoms. The van der Waals surface area contributed by atoms with Crippen molar-refractivity contribution in [1.29, 1.82) is 0 Å². The number of aromatic nitrogens is 1. The maximum atomic E-state index is 14.9. The minimum atomic E-state index is -1.51. The Bertz CT molecular complexity index is 1230. The number of likely N-dealkylation sites (N-methyl/N-ethyl adjacent to an activating group) is 1. The SMILES string of the molecule is CN1C(=O)C2(N=C1N)c1ccccc1Oc1cc(F)c(-c3cncc(F)c3)cc12. The maximum absolute atomic E-state index is 14.9. The van der Waals surface area contributed by atoms with Crippen LogP contribution in [0, 0.1) is 11.6 Å². The van der Waals surface area contributed by atoms with Crippen LogP contribution >= 0.6 is 0 Å². The lowest BCUT2D eigenvalue weighted by Crippen LogP contribution is -2.42. The van der Waals surface area contributed by atoms with E-state index in [0.717, 1.165) is 6.20 Å². The summed E-state index contributed by atoms with van der Waals surface area (Å²) >= 11 is 0. The van der Waals surface area contributed by atoms with Crippen molar-refractivity contribution in [2.45, 2.75) is 5.54 Å². The van der Waals surface area contributed by atoms with Crippen LogP contribution in [0.25, 0.3) is 11.1 Å². The molecule has 2 N–H and O–H groups in total. The lowest BCUT2D eigenvalue weighted by Gasteiger charge is -2.33. The molecule has 2 aliphatic heterocycles. The Balaban J connectivity index is 1.83. The zero-order chi connectivity index (χ0) is 20.3. The number of halogens is 2. The molecule has 2 aromatic carbocycles. The molecular weight excluding hydrogens is 378 g/mol. The maximum Gasteiger partial charge on any atom is 0.266 e.